The molecule has 5 aliphatic heterocycles. The second kappa shape index (κ2) is 34.9. The quantitative estimate of drug-likeness (QED) is 0.0349. The predicted octanol–water partition coefficient (Wildman–Crippen LogP) is 10.1. The van der Waals surface area contributed by atoms with E-state index in [0.717, 1.165) is 160 Å². The number of piperidine rings is 1. The average molecular weight is 1580 g/mol. The van der Waals surface area contributed by atoms with Crippen molar-refractivity contribution < 1.29 is 33.3 Å². The molecule has 1 saturated heterocycles. The van der Waals surface area contributed by atoms with Crippen LogP contribution in [0.1, 0.15) is 122 Å². The smallest absolute Gasteiger partial charge is 0.348 e. The van der Waals surface area contributed by atoms with E-state index in [1.165, 1.54) is 44.3 Å². The molecule has 12 aromatic rings. The van der Waals surface area contributed by atoms with Crippen LogP contribution in [0.2, 0.25) is 0 Å². The minimum atomic E-state index is -2.94. The summed E-state index contributed by atoms with van der Waals surface area (Å²) in [7, 11) is -2.94. The zero-order valence-corrected chi connectivity index (χ0v) is 67.0. The second-order valence-electron chi connectivity index (χ2n) is 33.1. The van der Waals surface area contributed by atoms with Gasteiger partial charge in [-0.25, -0.2) is 28.4 Å². The number of carbonyl (C=O) groups is 1. The zero-order valence-electron chi connectivity index (χ0n) is 66.2. The summed E-state index contributed by atoms with van der Waals surface area (Å²) in [6.07, 6.45) is 24.1. The molecule has 20 rings (SSSR count). The first-order valence-corrected chi connectivity index (χ1v) is 43.3. The van der Waals surface area contributed by atoms with Crippen LogP contribution in [-0.2, 0) is 47.1 Å². The summed E-state index contributed by atoms with van der Waals surface area (Å²) in [5, 5.41) is 54.8. The van der Waals surface area contributed by atoms with Gasteiger partial charge in [-0.3, -0.25) is 29.6 Å². The average Bonchev–Trinajstić information content (AvgIpc) is 1.76. The number of allylic oxidation sites excluding steroid dienone is 1. The number of nitrogens with one attached hydrogen (secondary N) is 4. The van der Waals surface area contributed by atoms with E-state index >= 15 is 0 Å². The highest BCUT2D eigenvalue weighted by Crippen LogP contribution is 2.47. The zero-order chi connectivity index (χ0) is 80.3. The molecule has 4 aromatic carbocycles. The van der Waals surface area contributed by atoms with Gasteiger partial charge in [0, 0.05) is 193 Å². The Hall–Kier alpha value is -10.7. The summed E-state index contributed by atoms with van der Waals surface area (Å²) in [6.45, 7) is 6.85. The first kappa shape index (κ1) is 78.8. The number of hydrogen-bond donors (Lipinski definition) is 8. The summed E-state index contributed by atoms with van der Waals surface area (Å²) >= 11 is 0. The number of amides is 1. The first-order valence-electron chi connectivity index (χ1n) is 41.5. The van der Waals surface area contributed by atoms with E-state index in [2.05, 4.69) is 201 Å². The summed E-state index contributed by atoms with van der Waals surface area (Å²) in [5.74, 6) is 4.38. The van der Waals surface area contributed by atoms with Crippen LogP contribution in [0.5, 0.6) is 0 Å². The number of aromatic nitrogens is 8. The normalized spacial score (nSPS) is 21.3. The van der Waals surface area contributed by atoms with E-state index in [4.69, 9.17) is 15.2 Å². The van der Waals surface area contributed by atoms with Gasteiger partial charge in [0.05, 0.1) is 18.3 Å². The maximum atomic E-state index is 12.2. The Balaban J connectivity index is 0.000000113. The monoisotopic (exact) mass is 1580 g/mol. The van der Waals surface area contributed by atoms with Gasteiger partial charge in [0.15, 0.2) is 9.84 Å². The molecule has 27 heteroatoms. The Morgan fingerprint density at radius 2 is 0.923 bits per heavy atom. The lowest BCUT2D eigenvalue weighted by molar-refractivity contribution is -0.132. The number of hydrogen-bond acceptors (Lipinski definition) is 17. The van der Waals surface area contributed by atoms with Crippen LogP contribution in [0.3, 0.4) is 0 Å². The molecule has 3 aliphatic carbocycles. The van der Waals surface area contributed by atoms with Crippen LogP contribution in [0.25, 0.3) is 49.7 Å². The summed E-state index contributed by atoms with van der Waals surface area (Å²) < 4.78 is 24.0. The van der Waals surface area contributed by atoms with Crippen molar-refractivity contribution in [3.63, 3.8) is 0 Å². The molecule has 4 fully saturated rings. The van der Waals surface area contributed by atoms with E-state index in [1.807, 2.05) is 62.3 Å². The van der Waals surface area contributed by atoms with Gasteiger partial charge in [0.1, 0.15) is 29.0 Å². The second-order valence-corrected chi connectivity index (χ2v) is 35.3. The van der Waals surface area contributed by atoms with Gasteiger partial charge < -0.3 is 44.9 Å². The predicted molar refractivity (Wildman–Crippen MR) is 468 cm³/mol. The number of sulfone groups is 1. The molecule has 8 N–H and O–H groups in total. The number of rotatable bonds is 19. The number of pyridine rings is 4. The topological polar surface area (TPSA) is 317 Å². The number of nitriles is 1. The number of nitrogens with zero attached hydrogens (tertiary/aromatic N) is 11. The maximum Gasteiger partial charge on any atom is 0.348 e. The van der Waals surface area contributed by atoms with Gasteiger partial charge in [-0.15, -0.1) is 0 Å². The molecule has 0 unspecified atom stereocenters. The van der Waals surface area contributed by atoms with E-state index in [0.29, 0.717) is 75.0 Å². The van der Waals surface area contributed by atoms with Crippen LogP contribution in [0.4, 0.5) is 0 Å². The molecule has 8 aromatic heterocycles. The van der Waals surface area contributed by atoms with Crippen molar-refractivity contribution in [2.75, 3.05) is 43.9 Å². The highest BCUT2D eigenvalue weighted by atomic mass is 32.2. The molecule has 117 heavy (non-hydrogen) atoms. The lowest BCUT2D eigenvalue weighted by Crippen LogP contribution is -2.50. The lowest BCUT2D eigenvalue weighted by atomic mass is 9.55. The van der Waals surface area contributed by atoms with E-state index in [9.17, 15) is 33.3 Å². The van der Waals surface area contributed by atoms with Gasteiger partial charge >= 0.3 is 27.7 Å². The van der Waals surface area contributed by atoms with Gasteiger partial charge in [-0.2, -0.15) is 5.26 Å². The summed E-state index contributed by atoms with van der Waals surface area (Å²) in [4.78, 5) is 64.0. The number of likely N-dealkylation sites (tertiary alicyclic amines) is 1. The van der Waals surface area contributed by atoms with Crippen LogP contribution >= 0.6 is 0 Å². The Morgan fingerprint density at radius 1 is 0.530 bits per heavy atom. The van der Waals surface area contributed by atoms with Crippen LogP contribution in [0.15, 0.2) is 216 Å². The molecule has 0 spiro atoms. The molecule has 592 valence electrons. The number of H-pyrrole nitrogens is 4. The molecule has 1 amide bonds. The summed E-state index contributed by atoms with van der Waals surface area (Å²) in [5.41, 5.74) is 21.2. The van der Waals surface area contributed by atoms with Crippen molar-refractivity contribution in [3.8, 4) is 6.07 Å². The SMILES string of the molecule is CCCS(=O)(=O)CC1CC(C2=NCB(O)c3cnc4[nH]ccc4c32)C1.C[C@@H]1CCN(C(=O)CC#N)C[C@@H]1C1=NCB(O)c2cnc3[nH]ccc3c21.OB1C=C(C2CC(N(Cc3ccccc3)Cc3ccccc3)C2)c2c(cnc3[nH]ccc23)C1.OB1CN=C(C2CC(N(Cc3ccccc3)Cc3ccccc3)C2)c2c1cnc1[nH]ccc21. The first-order chi connectivity index (χ1) is 57.1. The van der Waals surface area contributed by atoms with Crippen molar-refractivity contribution >= 4 is 127 Å². The number of aromatic amines is 4. The van der Waals surface area contributed by atoms with Crippen LogP contribution in [-0.4, -0.2) is 190 Å². The van der Waals surface area contributed by atoms with Crippen LogP contribution < -0.4 is 16.4 Å². The fraction of sp³-hybridized carbons (Fsp3) is 0.344. The lowest BCUT2D eigenvalue weighted by Gasteiger charge is -2.45. The van der Waals surface area contributed by atoms with Crippen molar-refractivity contribution in [2.24, 2.45) is 50.5 Å². The largest absolute Gasteiger partial charge is 0.446 e. The highest BCUT2D eigenvalue weighted by Gasteiger charge is 2.44. The third-order valence-corrected chi connectivity index (χ3v) is 27.3. The van der Waals surface area contributed by atoms with Crippen LogP contribution in [0, 0.1) is 46.8 Å². The minimum Gasteiger partial charge on any atom is -0.446 e. The molecular weight excluding hydrogens is 1480 g/mol. The minimum absolute atomic E-state index is 0.0816. The molecule has 3 saturated carbocycles. The molecule has 22 nitrogen and oxygen atoms in total. The number of aliphatic imine (C=N–C) groups is 3. The molecule has 8 aliphatic rings. The van der Waals surface area contributed by atoms with Gasteiger partial charge in [0.25, 0.3) is 0 Å². The van der Waals surface area contributed by atoms with Gasteiger partial charge in [0.2, 0.25) is 5.91 Å². The number of benzene rings is 4. The van der Waals surface area contributed by atoms with Crippen molar-refractivity contribution in [1.29, 1.82) is 5.26 Å². The van der Waals surface area contributed by atoms with E-state index in [-0.39, 0.29) is 41.6 Å². The maximum absolute atomic E-state index is 12.2. The fourth-order valence-corrected chi connectivity index (χ4v) is 20.8. The molecular formula is C90H97B4N15O7S. The molecule has 2 atom stereocenters. The Bertz CT molecular complexity index is 5760. The summed E-state index contributed by atoms with van der Waals surface area (Å²) in [6, 6.07) is 54.1. The fourth-order valence-electron chi connectivity index (χ4n) is 19.0. The third kappa shape index (κ3) is 17.0. The number of carbonyl (C=O) groups excluding carboxylic acids is 1. The van der Waals surface area contributed by atoms with Gasteiger partial charge in [-0.05, 0) is 155 Å². The third-order valence-electron chi connectivity index (χ3n) is 25.3. The Morgan fingerprint density at radius 3 is 1.35 bits per heavy atom. The standard InChI is InChI=1S/C28H28BN3O.C27H27BN4O.C18H20BN5O2.C17H22BN3O3S/c33-29-15-23-17-31-28-25(11-12-30-28)27(23)26(16-29)22-13-24(14-22)32(18-20-7-3-1-4-8-20)19-21-9-5-2-6-10-21;33-28-18-31-26(25-23-11-12-29-27(23)30-15-24(25)28)21-13-22(14-21)32(16-19-7-3-1-4-8-19)17-20-9-5-2-6-10-20;1-11-4-7-24(15(25)2-5-20)9-13(11)17-16-12-3-6-21-18(12)22-8-14(16)19(26)10-23-17;1-2-5-25(23,24)9-11-6-12(7-11)16-15-13-3-4-19-17(13)20-8-14(15)18(22)10-21-16/h1-12,16-17,22,24,33H,13-15,18-19H2,(H,30,31);1-12,15,21-22,33H,13-14,16-18H2,(H,29,30);3,6,8,11,13,26H,2,4,7,9-10H2,1H3,(H,21,22);3-4,8,11-12,22H,2,5-7,9-10H2,1H3,(H,19,20)/t;;11-,13+;/m..1./s1. The number of fused-ring (bicyclic) bond motifs is 12. The van der Waals surface area contributed by atoms with Crippen molar-refractivity contribution in [2.45, 2.75) is 116 Å². The molecule has 0 bridgehead atoms. The van der Waals surface area contributed by atoms with Gasteiger partial charge in [-0.1, -0.05) is 141 Å². The Kier molecular flexibility index (Phi) is 23.5. The van der Waals surface area contributed by atoms with E-state index < -0.39 is 37.5 Å². The Labute approximate surface area is 683 Å². The molecule has 13 heterocycles. The van der Waals surface area contributed by atoms with E-state index in [1.54, 1.807) is 17.3 Å². The van der Waals surface area contributed by atoms with Crippen molar-refractivity contribution in [3.05, 3.63) is 251 Å². The highest BCUT2D eigenvalue weighted by molar-refractivity contribution is 7.91. The molecule has 0 radical (unpaired) electrons. The van der Waals surface area contributed by atoms with Crippen molar-refractivity contribution in [1.82, 2.24) is 54.6 Å².